The van der Waals surface area contributed by atoms with Crippen molar-refractivity contribution in [3.63, 3.8) is 0 Å². The van der Waals surface area contributed by atoms with Crippen LogP contribution in [0.5, 0.6) is 0 Å². The second-order valence-corrected chi connectivity index (χ2v) is 7.33. The third-order valence-corrected chi connectivity index (χ3v) is 5.50. The van der Waals surface area contributed by atoms with Crippen molar-refractivity contribution in [2.24, 2.45) is 5.92 Å². The highest BCUT2D eigenvalue weighted by Gasteiger charge is 2.19. The fraction of sp³-hybridized carbons (Fsp3) is 0.600. The minimum absolute atomic E-state index is 0.307. The molecule has 2 rings (SSSR count). The van der Waals surface area contributed by atoms with Crippen LogP contribution in [0.1, 0.15) is 26.7 Å². The van der Waals surface area contributed by atoms with Gasteiger partial charge in [0.2, 0.25) is 10.0 Å². The molecule has 1 heterocycles. The Labute approximate surface area is 127 Å². The van der Waals surface area contributed by atoms with Gasteiger partial charge in [0.05, 0.1) is 4.90 Å². The van der Waals surface area contributed by atoms with Gasteiger partial charge in [0.1, 0.15) is 0 Å². The first-order valence-electron chi connectivity index (χ1n) is 7.60. The molecule has 1 fully saturated rings. The van der Waals surface area contributed by atoms with Gasteiger partial charge >= 0.3 is 0 Å². The number of nitrogens with one attached hydrogen (secondary N) is 3. The largest absolute Gasteiger partial charge is 0.382 e. The lowest BCUT2D eigenvalue weighted by Gasteiger charge is -2.29. The van der Waals surface area contributed by atoms with Gasteiger partial charge < -0.3 is 10.6 Å². The third-order valence-electron chi connectivity index (χ3n) is 3.94. The van der Waals surface area contributed by atoms with Crippen molar-refractivity contribution < 1.29 is 8.42 Å². The Hall–Kier alpha value is -1.11. The average molecular weight is 311 g/mol. The molecule has 0 aliphatic carbocycles. The lowest BCUT2D eigenvalue weighted by atomic mass is 9.92. The zero-order valence-electron chi connectivity index (χ0n) is 12.7. The Morgan fingerprint density at radius 1 is 1.33 bits per heavy atom. The molecule has 1 aromatic carbocycles. The van der Waals surface area contributed by atoms with Crippen LogP contribution in [0.25, 0.3) is 0 Å². The zero-order chi connectivity index (χ0) is 15.3. The monoisotopic (exact) mass is 311 g/mol. The van der Waals surface area contributed by atoms with Crippen LogP contribution in [-0.4, -0.2) is 34.1 Å². The second-order valence-electron chi connectivity index (χ2n) is 5.57. The van der Waals surface area contributed by atoms with E-state index in [2.05, 4.69) is 22.3 Å². The maximum Gasteiger partial charge on any atom is 0.240 e. The molecule has 2 atom stereocenters. The van der Waals surface area contributed by atoms with Gasteiger partial charge in [-0.3, -0.25) is 0 Å². The molecule has 0 aromatic heterocycles. The summed E-state index contributed by atoms with van der Waals surface area (Å²) in [6.07, 6.45) is 2.45. The Bertz CT molecular complexity index is 537. The van der Waals surface area contributed by atoms with Crippen molar-refractivity contribution in [2.45, 2.75) is 37.6 Å². The summed E-state index contributed by atoms with van der Waals surface area (Å²) >= 11 is 0. The summed E-state index contributed by atoms with van der Waals surface area (Å²) in [4.78, 5) is 0.307. The number of anilines is 1. The molecule has 1 saturated heterocycles. The quantitative estimate of drug-likeness (QED) is 0.749. The number of sulfonamides is 1. The van der Waals surface area contributed by atoms with Crippen LogP contribution in [0.2, 0.25) is 0 Å². The first-order chi connectivity index (χ1) is 10.0. The molecule has 1 aromatic rings. The highest BCUT2D eigenvalue weighted by atomic mass is 32.2. The fourth-order valence-electron chi connectivity index (χ4n) is 2.69. The maximum atomic E-state index is 11.9. The van der Waals surface area contributed by atoms with Gasteiger partial charge in [-0.15, -0.1) is 0 Å². The number of piperidine rings is 1. The highest BCUT2D eigenvalue weighted by molar-refractivity contribution is 7.89. The van der Waals surface area contributed by atoms with Crippen molar-refractivity contribution in [3.8, 4) is 0 Å². The first kappa shape index (κ1) is 16.3. The van der Waals surface area contributed by atoms with Crippen LogP contribution < -0.4 is 15.4 Å². The van der Waals surface area contributed by atoms with E-state index in [1.807, 2.05) is 12.1 Å². The van der Waals surface area contributed by atoms with Gasteiger partial charge in [-0.25, -0.2) is 13.1 Å². The summed E-state index contributed by atoms with van der Waals surface area (Å²) in [7, 11) is -3.36. The molecule has 3 N–H and O–H groups in total. The summed E-state index contributed by atoms with van der Waals surface area (Å²) < 4.78 is 26.2. The van der Waals surface area contributed by atoms with E-state index >= 15 is 0 Å². The van der Waals surface area contributed by atoms with Crippen molar-refractivity contribution in [2.75, 3.05) is 25.0 Å². The van der Waals surface area contributed by atoms with Gasteiger partial charge in [0, 0.05) is 18.3 Å². The van der Waals surface area contributed by atoms with Crippen LogP contribution >= 0.6 is 0 Å². The summed E-state index contributed by atoms with van der Waals surface area (Å²) in [5.74, 6) is 0.615. The highest BCUT2D eigenvalue weighted by Crippen LogP contribution is 2.20. The standard InChI is InChI=1S/C15H25N3O2S/c1-3-17-21(19,20)15-8-6-14(7-9-15)18-12(2)13-5-4-10-16-11-13/h6-9,12-13,16-18H,3-5,10-11H2,1-2H3. The number of hydrogen-bond acceptors (Lipinski definition) is 4. The molecule has 0 spiro atoms. The van der Waals surface area contributed by atoms with Gasteiger partial charge in [-0.2, -0.15) is 0 Å². The number of hydrogen-bond donors (Lipinski definition) is 3. The van der Waals surface area contributed by atoms with Gasteiger partial charge in [-0.1, -0.05) is 6.92 Å². The Morgan fingerprint density at radius 2 is 2.05 bits per heavy atom. The van der Waals surface area contributed by atoms with E-state index in [4.69, 9.17) is 0 Å². The van der Waals surface area contributed by atoms with E-state index in [1.54, 1.807) is 19.1 Å². The smallest absolute Gasteiger partial charge is 0.240 e. The molecule has 1 aliphatic rings. The third kappa shape index (κ3) is 4.43. The molecule has 1 aliphatic heterocycles. The fourth-order valence-corrected chi connectivity index (χ4v) is 3.73. The van der Waals surface area contributed by atoms with E-state index in [0.29, 0.717) is 23.4 Å². The molecular formula is C15H25N3O2S. The molecule has 21 heavy (non-hydrogen) atoms. The first-order valence-corrected chi connectivity index (χ1v) is 9.08. The minimum atomic E-state index is -3.36. The summed E-state index contributed by atoms with van der Waals surface area (Å²) in [6.45, 7) is 6.50. The Kier molecular flexibility index (Phi) is 5.61. The molecule has 0 amide bonds. The van der Waals surface area contributed by atoms with Crippen LogP contribution in [0, 0.1) is 5.92 Å². The summed E-state index contributed by atoms with van der Waals surface area (Å²) in [5.41, 5.74) is 0.962. The molecular weight excluding hydrogens is 286 g/mol. The van der Waals surface area contributed by atoms with Crippen molar-refractivity contribution >= 4 is 15.7 Å². The second kappa shape index (κ2) is 7.24. The Morgan fingerprint density at radius 3 is 2.62 bits per heavy atom. The molecule has 118 valence electrons. The van der Waals surface area contributed by atoms with Crippen molar-refractivity contribution in [3.05, 3.63) is 24.3 Å². The topological polar surface area (TPSA) is 70.2 Å². The molecule has 2 unspecified atom stereocenters. The van der Waals surface area contributed by atoms with E-state index in [9.17, 15) is 8.42 Å². The van der Waals surface area contributed by atoms with E-state index < -0.39 is 10.0 Å². The zero-order valence-corrected chi connectivity index (χ0v) is 13.5. The molecule has 6 heteroatoms. The Balaban J connectivity index is 1.99. The lowest BCUT2D eigenvalue weighted by molar-refractivity contribution is 0.347. The van der Waals surface area contributed by atoms with Gasteiger partial charge in [0.25, 0.3) is 0 Å². The van der Waals surface area contributed by atoms with Gasteiger partial charge in [-0.05, 0) is 63.0 Å². The number of rotatable bonds is 6. The maximum absolute atomic E-state index is 11.9. The SMILES string of the molecule is CCNS(=O)(=O)c1ccc(NC(C)C2CCCNC2)cc1. The van der Waals surface area contributed by atoms with E-state index in [-0.39, 0.29) is 0 Å². The predicted octanol–water partition coefficient (Wildman–Crippen LogP) is 1.78. The van der Waals surface area contributed by atoms with Gasteiger partial charge in [0.15, 0.2) is 0 Å². The number of benzene rings is 1. The van der Waals surface area contributed by atoms with E-state index in [0.717, 1.165) is 18.8 Å². The summed E-state index contributed by atoms with van der Waals surface area (Å²) in [5, 5.41) is 6.88. The molecule has 0 radical (unpaired) electrons. The van der Waals surface area contributed by atoms with Crippen molar-refractivity contribution in [1.82, 2.24) is 10.0 Å². The van der Waals surface area contributed by atoms with Crippen LogP contribution in [0.15, 0.2) is 29.2 Å². The predicted molar refractivity (Wildman–Crippen MR) is 86.0 cm³/mol. The normalized spacial score (nSPS) is 21.0. The molecule has 0 bridgehead atoms. The lowest BCUT2D eigenvalue weighted by Crippen LogP contribution is -2.38. The molecule has 0 saturated carbocycles. The van der Waals surface area contributed by atoms with E-state index in [1.165, 1.54) is 12.8 Å². The minimum Gasteiger partial charge on any atom is -0.382 e. The average Bonchev–Trinajstić information content (AvgIpc) is 2.48. The molecule has 5 nitrogen and oxygen atoms in total. The van der Waals surface area contributed by atoms with Crippen LogP contribution in [-0.2, 0) is 10.0 Å². The van der Waals surface area contributed by atoms with Crippen LogP contribution in [0.4, 0.5) is 5.69 Å². The summed E-state index contributed by atoms with van der Waals surface area (Å²) in [6, 6.07) is 7.32. The van der Waals surface area contributed by atoms with Crippen molar-refractivity contribution in [1.29, 1.82) is 0 Å². The van der Waals surface area contributed by atoms with Crippen LogP contribution in [0.3, 0.4) is 0 Å².